The first-order valence-corrected chi connectivity index (χ1v) is 6.01. The lowest BCUT2D eigenvalue weighted by Gasteiger charge is -2.10. The summed E-state index contributed by atoms with van der Waals surface area (Å²) in [6.45, 7) is 0. The molecule has 2 N–H and O–H groups in total. The molecule has 0 aliphatic rings. The minimum absolute atomic E-state index is 0.275. The summed E-state index contributed by atoms with van der Waals surface area (Å²) < 4.78 is 0. The number of para-hydroxylation sites is 1. The van der Waals surface area contributed by atoms with Gasteiger partial charge in [0.15, 0.2) is 0 Å². The third kappa shape index (κ3) is 3.21. The summed E-state index contributed by atoms with van der Waals surface area (Å²) in [5.41, 5.74) is 3.51. The molecule has 0 aliphatic carbocycles. The van der Waals surface area contributed by atoms with Crippen molar-refractivity contribution in [3.05, 3.63) is 65.7 Å². The molecule has 2 rings (SSSR count). The van der Waals surface area contributed by atoms with E-state index in [0.29, 0.717) is 16.8 Å². The third-order valence-corrected chi connectivity index (χ3v) is 2.65. The Morgan fingerprint density at radius 1 is 0.900 bits per heavy atom. The van der Waals surface area contributed by atoms with E-state index in [4.69, 9.17) is 0 Å². The van der Waals surface area contributed by atoms with Crippen LogP contribution in [0.5, 0.6) is 0 Å². The standard InChI is InChI=1S/C15H14N2O3/c1-20-17-15(19)12-9-5-6-10-13(12)16-14(18)11-7-3-2-4-8-11/h2-10H,1H3,(H,16,18)(H,17,19). The molecular weight excluding hydrogens is 256 g/mol. The molecule has 0 aromatic heterocycles. The van der Waals surface area contributed by atoms with Crippen molar-refractivity contribution in [2.24, 2.45) is 0 Å². The van der Waals surface area contributed by atoms with Crippen LogP contribution in [-0.2, 0) is 4.84 Å². The lowest BCUT2D eigenvalue weighted by Crippen LogP contribution is -2.24. The first-order chi connectivity index (χ1) is 9.72. The Hall–Kier alpha value is -2.66. The molecule has 0 saturated heterocycles. The molecule has 0 aliphatic heterocycles. The van der Waals surface area contributed by atoms with Crippen molar-refractivity contribution >= 4 is 17.5 Å². The molecule has 2 aromatic carbocycles. The predicted octanol–water partition coefficient (Wildman–Crippen LogP) is 2.23. The second-order valence-electron chi connectivity index (χ2n) is 4.00. The fourth-order valence-corrected chi connectivity index (χ4v) is 1.72. The van der Waals surface area contributed by atoms with Gasteiger partial charge in [-0.1, -0.05) is 30.3 Å². The van der Waals surface area contributed by atoms with Gasteiger partial charge in [-0.3, -0.25) is 14.4 Å². The highest BCUT2D eigenvalue weighted by Crippen LogP contribution is 2.16. The van der Waals surface area contributed by atoms with E-state index in [9.17, 15) is 9.59 Å². The summed E-state index contributed by atoms with van der Waals surface area (Å²) in [6, 6.07) is 15.5. The molecule has 0 unspecified atom stereocenters. The number of benzene rings is 2. The molecule has 0 heterocycles. The zero-order chi connectivity index (χ0) is 14.4. The zero-order valence-electron chi connectivity index (χ0n) is 10.9. The van der Waals surface area contributed by atoms with Crippen LogP contribution in [0.15, 0.2) is 54.6 Å². The quantitative estimate of drug-likeness (QED) is 0.837. The van der Waals surface area contributed by atoms with Crippen LogP contribution in [-0.4, -0.2) is 18.9 Å². The predicted molar refractivity (Wildman–Crippen MR) is 75.3 cm³/mol. The zero-order valence-corrected chi connectivity index (χ0v) is 10.9. The van der Waals surface area contributed by atoms with Crippen LogP contribution in [0.3, 0.4) is 0 Å². The van der Waals surface area contributed by atoms with Crippen molar-refractivity contribution in [2.75, 3.05) is 12.4 Å². The number of hydroxylamine groups is 1. The molecule has 0 bridgehead atoms. The largest absolute Gasteiger partial charge is 0.321 e. The second-order valence-corrected chi connectivity index (χ2v) is 4.00. The van der Waals surface area contributed by atoms with E-state index in [1.54, 1.807) is 48.5 Å². The van der Waals surface area contributed by atoms with E-state index < -0.39 is 5.91 Å². The summed E-state index contributed by atoms with van der Waals surface area (Å²) in [5, 5.41) is 2.71. The molecule has 2 aromatic rings. The number of rotatable bonds is 4. The molecule has 0 fully saturated rings. The molecule has 102 valence electrons. The monoisotopic (exact) mass is 270 g/mol. The number of anilines is 1. The van der Waals surface area contributed by atoms with Gasteiger partial charge < -0.3 is 5.32 Å². The number of nitrogens with one attached hydrogen (secondary N) is 2. The molecule has 0 spiro atoms. The van der Waals surface area contributed by atoms with Crippen molar-refractivity contribution in [3.8, 4) is 0 Å². The SMILES string of the molecule is CONC(=O)c1ccccc1NC(=O)c1ccccc1. The van der Waals surface area contributed by atoms with E-state index in [1.807, 2.05) is 6.07 Å². The average molecular weight is 270 g/mol. The maximum absolute atomic E-state index is 12.1. The van der Waals surface area contributed by atoms with Crippen molar-refractivity contribution in [3.63, 3.8) is 0 Å². The fraction of sp³-hybridized carbons (Fsp3) is 0.0667. The van der Waals surface area contributed by atoms with Crippen LogP contribution in [0.1, 0.15) is 20.7 Å². The Morgan fingerprint density at radius 3 is 2.25 bits per heavy atom. The van der Waals surface area contributed by atoms with Gasteiger partial charge in [-0.2, -0.15) is 0 Å². The fourth-order valence-electron chi connectivity index (χ4n) is 1.72. The van der Waals surface area contributed by atoms with Gasteiger partial charge in [0, 0.05) is 5.56 Å². The highest BCUT2D eigenvalue weighted by molar-refractivity contribution is 6.08. The molecule has 0 atom stereocenters. The highest BCUT2D eigenvalue weighted by atomic mass is 16.6. The number of hydrogen-bond acceptors (Lipinski definition) is 3. The Labute approximate surface area is 116 Å². The first-order valence-electron chi connectivity index (χ1n) is 6.01. The van der Waals surface area contributed by atoms with Gasteiger partial charge in [-0.05, 0) is 24.3 Å². The van der Waals surface area contributed by atoms with Gasteiger partial charge in [0.25, 0.3) is 11.8 Å². The van der Waals surface area contributed by atoms with Crippen LogP contribution in [0, 0.1) is 0 Å². The Morgan fingerprint density at radius 2 is 1.55 bits per heavy atom. The van der Waals surface area contributed by atoms with Crippen molar-refractivity contribution in [1.82, 2.24) is 5.48 Å². The van der Waals surface area contributed by atoms with Gasteiger partial charge in [0.05, 0.1) is 18.4 Å². The van der Waals surface area contributed by atoms with Gasteiger partial charge in [0.2, 0.25) is 0 Å². The Kier molecular flexibility index (Phi) is 4.47. The second kappa shape index (κ2) is 6.49. The first kappa shape index (κ1) is 13.8. The minimum Gasteiger partial charge on any atom is -0.321 e. The van der Waals surface area contributed by atoms with Gasteiger partial charge in [-0.25, -0.2) is 5.48 Å². The summed E-state index contributed by atoms with van der Waals surface area (Å²) in [7, 11) is 1.35. The van der Waals surface area contributed by atoms with Gasteiger partial charge >= 0.3 is 0 Å². The van der Waals surface area contributed by atoms with E-state index in [2.05, 4.69) is 15.6 Å². The lowest BCUT2D eigenvalue weighted by atomic mass is 10.1. The molecule has 20 heavy (non-hydrogen) atoms. The number of hydrogen-bond donors (Lipinski definition) is 2. The summed E-state index contributed by atoms with van der Waals surface area (Å²) >= 11 is 0. The average Bonchev–Trinajstić information content (AvgIpc) is 2.49. The molecule has 0 saturated carbocycles. The van der Waals surface area contributed by atoms with E-state index in [0.717, 1.165) is 0 Å². The van der Waals surface area contributed by atoms with Crippen LogP contribution >= 0.6 is 0 Å². The molecule has 2 amide bonds. The minimum atomic E-state index is -0.420. The van der Waals surface area contributed by atoms with Crippen LogP contribution < -0.4 is 10.8 Å². The van der Waals surface area contributed by atoms with Crippen LogP contribution in [0.4, 0.5) is 5.69 Å². The van der Waals surface area contributed by atoms with E-state index in [-0.39, 0.29) is 5.91 Å². The lowest BCUT2D eigenvalue weighted by molar-refractivity contribution is 0.0538. The Balaban J connectivity index is 2.21. The molecule has 0 radical (unpaired) electrons. The maximum Gasteiger partial charge on any atom is 0.276 e. The van der Waals surface area contributed by atoms with Crippen molar-refractivity contribution < 1.29 is 14.4 Å². The van der Waals surface area contributed by atoms with Crippen molar-refractivity contribution in [1.29, 1.82) is 0 Å². The molecular formula is C15H14N2O3. The molecule has 5 nitrogen and oxygen atoms in total. The number of amides is 2. The number of carbonyl (C=O) groups is 2. The summed E-state index contributed by atoms with van der Waals surface area (Å²) in [4.78, 5) is 28.5. The summed E-state index contributed by atoms with van der Waals surface area (Å²) in [5.74, 6) is -0.695. The maximum atomic E-state index is 12.1. The van der Waals surface area contributed by atoms with E-state index in [1.165, 1.54) is 7.11 Å². The Bertz CT molecular complexity index is 612. The smallest absolute Gasteiger partial charge is 0.276 e. The van der Waals surface area contributed by atoms with Gasteiger partial charge in [-0.15, -0.1) is 0 Å². The van der Waals surface area contributed by atoms with Crippen molar-refractivity contribution in [2.45, 2.75) is 0 Å². The molecule has 5 heteroatoms. The summed E-state index contributed by atoms with van der Waals surface area (Å²) in [6.07, 6.45) is 0. The van der Waals surface area contributed by atoms with Gasteiger partial charge in [0.1, 0.15) is 0 Å². The van der Waals surface area contributed by atoms with E-state index >= 15 is 0 Å². The van der Waals surface area contributed by atoms with Crippen LogP contribution in [0.25, 0.3) is 0 Å². The highest BCUT2D eigenvalue weighted by Gasteiger charge is 2.13. The topological polar surface area (TPSA) is 67.4 Å². The normalized spacial score (nSPS) is 9.85. The van der Waals surface area contributed by atoms with Crippen LogP contribution in [0.2, 0.25) is 0 Å². The number of carbonyl (C=O) groups excluding carboxylic acids is 2. The third-order valence-electron chi connectivity index (χ3n) is 2.65.